The summed E-state index contributed by atoms with van der Waals surface area (Å²) < 4.78 is 48.9. The fourth-order valence-corrected chi connectivity index (χ4v) is 6.62. The third-order valence-corrected chi connectivity index (χ3v) is 9.43. The van der Waals surface area contributed by atoms with Crippen molar-refractivity contribution in [1.29, 1.82) is 0 Å². The molecule has 7 rings (SSSR count). The van der Waals surface area contributed by atoms with E-state index < -0.39 is 17.2 Å². The van der Waals surface area contributed by atoms with Crippen molar-refractivity contribution in [2.24, 2.45) is 0 Å². The number of rotatable bonds is 12. The van der Waals surface area contributed by atoms with Crippen LogP contribution in [0.2, 0.25) is 0 Å². The van der Waals surface area contributed by atoms with Gasteiger partial charge < -0.3 is 36.9 Å². The zero-order chi connectivity index (χ0) is 35.8. The molecular formula is C42H44O9. The Kier molecular flexibility index (Phi) is 9.44. The molecule has 3 aromatic heterocycles. The summed E-state index contributed by atoms with van der Waals surface area (Å²) in [5, 5.41) is 2.41. The molecule has 1 saturated heterocycles. The topological polar surface area (TPSA) is 103 Å². The Labute approximate surface area is 296 Å². The van der Waals surface area contributed by atoms with Crippen LogP contribution >= 0.6 is 0 Å². The van der Waals surface area contributed by atoms with Crippen molar-refractivity contribution in [1.82, 2.24) is 0 Å². The van der Waals surface area contributed by atoms with Crippen LogP contribution < -0.4 is 19.8 Å². The Morgan fingerprint density at radius 2 is 1.47 bits per heavy atom. The van der Waals surface area contributed by atoms with E-state index in [1.165, 1.54) is 17.2 Å². The van der Waals surface area contributed by atoms with Gasteiger partial charge in [-0.05, 0) is 104 Å². The van der Waals surface area contributed by atoms with Crippen molar-refractivity contribution in [3.05, 3.63) is 106 Å². The molecule has 0 radical (unpaired) electrons. The van der Waals surface area contributed by atoms with Crippen LogP contribution in [0.5, 0.6) is 17.2 Å². The standard InChI is InChI=1S/C42H44O9/c1-26(2)8-7-9-27(3)15-20-47-40-30-14-19-42(49-36(30)25-34-32(40)18-23-45-34)50-37(41(5,6)51-42)12-10-28(4)16-21-46-39-29-11-13-38(43)48-35(29)24-33-31(39)17-22-44-33/h8,11,13-19,22-25,37H,7,9-10,12,20-21H2,1-6H3/b27-15+,28-16+/t37-,42?/m1/s1. The molecule has 2 atom stereocenters. The summed E-state index contributed by atoms with van der Waals surface area (Å²) in [5.74, 6) is 0.515. The third kappa shape index (κ3) is 7.27. The SMILES string of the molecule is CC(C)=CCC/C(C)=C/COc1c2c(cc3occc13)OC1(C=C2)O[C@H](CC/C(C)=C/COc2c3ccoc3cc3oc(=O)ccc23)C(C)(C)O1. The number of hydrogen-bond donors (Lipinski definition) is 0. The predicted molar refractivity (Wildman–Crippen MR) is 197 cm³/mol. The molecule has 2 aliphatic heterocycles. The minimum absolute atomic E-state index is 0.248. The average molecular weight is 693 g/mol. The molecule has 9 nitrogen and oxygen atoms in total. The lowest BCUT2D eigenvalue weighted by Crippen LogP contribution is -2.38. The monoisotopic (exact) mass is 692 g/mol. The molecule has 5 heterocycles. The molecule has 2 aromatic carbocycles. The molecule has 0 N–H and O–H groups in total. The van der Waals surface area contributed by atoms with Crippen LogP contribution in [-0.4, -0.2) is 30.9 Å². The van der Waals surface area contributed by atoms with Crippen LogP contribution in [0, 0.1) is 0 Å². The van der Waals surface area contributed by atoms with Gasteiger partial charge in [0.15, 0.2) is 0 Å². The van der Waals surface area contributed by atoms with Gasteiger partial charge in [-0.15, -0.1) is 0 Å². The number of furan rings is 2. The van der Waals surface area contributed by atoms with Gasteiger partial charge in [0, 0.05) is 24.3 Å². The van der Waals surface area contributed by atoms with Gasteiger partial charge in [-0.2, -0.15) is 0 Å². The first-order chi connectivity index (χ1) is 24.5. The highest BCUT2D eigenvalue weighted by Crippen LogP contribution is 2.48. The first-order valence-electron chi connectivity index (χ1n) is 17.4. The van der Waals surface area contributed by atoms with Gasteiger partial charge in [-0.1, -0.05) is 22.8 Å². The van der Waals surface area contributed by atoms with Crippen LogP contribution in [0.25, 0.3) is 39.0 Å². The Morgan fingerprint density at radius 3 is 2.22 bits per heavy atom. The van der Waals surface area contributed by atoms with Crippen LogP contribution in [0.15, 0.2) is 108 Å². The Balaban J connectivity index is 1.01. The van der Waals surface area contributed by atoms with E-state index in [1.54, 1.807) is 24.7 Å². The van der Waals surface area contributed by atoms with Crippen molar-refractivity contribution in [2.75, 3.05) is 13.2 Å². The van der Waals surface area contributed by atoms with E-state index in [-0.39, 0.29) is 6.10 Å². The van der Waals surface area contributed by atoms with E-state index in [2.05, 4.69) is 39.8 Å². The summed E-state index contributed by atoms with van der Waals surface area (Å²) in [6.07, 6.45) is 16.7. The van der Waals surface area contributed by atoms with Crippen molar-refractivity contribution in [3.8, 4) is 17.2 Å². The number of allylic oxidation sites excluding steroid dienone is 4. The van der Waals surface area contributed by atoms with E-state index in [4.69, 9.17) is 36.9 Å². The van der Waals surface area contributed by atoms with Gasteiger partial charge in [-0.25, -0.2) is 4.79 Å². The molecule has 5 aromatic rings. The maximum absolute atomic E-state index is 11.8. The second-order valence-electron chi connectivity index (χ2n) is 14.1. The van der Waals surface area contributed by atoms with Crippen LogP contribution in [0.3, 0.4) is 0 Å². The highest BCUT2D eigenvalue weighted by atomic mass is 16.9. The molecule has 51 heavy (non-hydrogen) atoms. The highest BCUT2D eigenvalue weighted by Gasteiger charge is 2.54. The van der Waals surface area contributed by atoms with E-state index in [0.717, 1.165) is 41.2 Å². The maximum atomic E-state index is 11.8. The molecule has 0 aliphatic carbocycles. The zero-order valence-electron chi connectivity index (χ0n) is 30.0. The van der Waals surface area contributed by atoms with Crippen molar-refractivity contribution in [2.45, 2.75) is 84.9 Å². The molecule has 1 unspecified atom stereocenters. The lowest BCUT2D eigenvalue weighted by Gasteiger charge is -2.30. The summed E-state index contributed by atoms with van der Waals surface area (Å²) in [7, 11) is 0. The van der Waals surface area contributed by atoms with E-state index in [0.29, 0.717) is 59.0 Å². The number of hydrogen-bond acceptors (Lipinski definition) is 9. The molecule has 1 fully saturated rings. The Bertz CT molecular complexity index is 2250. The molecule has 1 spiro atoms. The number of benzene rings is 2. The minimum Gasteiger partial charge on any atom is -0.488 e. The predicted octanol–water partition coefficient (Wildman–Crippen LogP) is 10.4. The van der Waals surface area contributed by atoms with Gasteiger partial charge in [0.2, 0.25) is 0 Å². The highest BCUT2D eigenvalue weighted by molar-refractivity contribution is 6.01. The molecule has 0 amide bonds. The Morgan fingerprint density at radius 1 is 0.804 bits per heavy atom. The quantitative estimate of drug-likeness (QED) is 0.0933. The van der Waals surface area contributed by atoms with E-state index >= 15 is 0 Å². The van der Waals surface area contributed by atoms with Gasteiger partial charge in [-0.3, -0.25) is 0 Å². The van der Waals surface area contributed by atoms with Crippen LogP contribution in [0.1, 0.15) is 72.8 Å². The Hall–Kier alpha value is -4.99. The lowest BCUT2D eigenvalue weighted by atomic mass is 9.96. The molecule has 0 saturated carbocycles. The van der Waals surface area contributed by atoms with Gasteiger partial charge in [0.25, 0.3) is 0 Å². The van der Waals surface area contributed by atoms with Crippen LogP contribution in [0.4, 0.5) is 0 Å². The molecule has 9 heteroatoms. The molecule has 2 aliphatic rings. The summed E-state index contributed by atoms with van der Waals surface area (Å²) in [4.78, 5) is 11.8. The number of fused-ring (bicyclic) bond motifs is 4. The summed E-state index contributed by atoms with van der Waals surface area (Å²) in [5.41, 5.74) is 5.19. The minimum atomic E-state index is -1.37. The maximum Gasteiger partial charge on any atom is 0.350 e. The average Bonchev–Trinajstić information content (AvgIpc) is 3.80. The van der Waals surface area contributed by atoms with Crippen molar-refractivity contribution < 1.29 is 36.9 Å². The van der Waals surface area contributed by atoms with Gasteiger partial charge in [0.1, 0.15) is 47.2 Å². The number of ether oxygens (including phenoxy) is 5. The van der Waals surface area contributed by atoms with E-state index in [1.807, 2.05) is 50.3 Å². The second kappa shape index (κ2) is 14.0. The van der Waals surface area contributed by atoms with Crippen LogP contribution in [-0.2, 0) is 9.47 Å². The lowest BCUT2D eigenvalue weighted by molar-refractivity contribution is -0.270. The fourth-order valence-electron chi connectivity index (χ4n) is 6.62. The first-order valence-corrected chi connectivity index (χ1v) is 17.4. The van der Waals surface area contributed by atoms with E-state index in [9.17, 15) is 4.79 Å². The second-order valence-corrected chi connectivity index (χ2v) is 14.1. The molecule has 0 bridgehead atoms. The van der Waals surface area contributed by atoms with Gasteiger partial charge in [0.05, 0.1) is 46.0 Å². The fraction of sp³-hybridized carbons (Fsp3) is 0.357. The normalized spacial score (nSPS) is 19.9. The smallest absolute Gasteiger partial charge is 0.350 e. The van der Waals surface area contributed by atoms with Crippen molar-refractivity contribution >= 4 is 39.0 Å². The third-order valence-electron chi connectivity index (χ3n) is 9.43. The van der Waals surface area contributed by atoms with Crippen molar-refractivity contribution in [3.63, 3.8) is 0 Å². The summed E-state index contributed by atoms with van der Waals surface area (Å²) in [6, 6.07) is 10.4. The summed E-state index contributed by atoms with van der Waals surface area (Å²) in [6.45, 7) is 13.3. The zero-order valence-corrected chi connectivity index (χ0v) is 30.0. The largest absolute Gasteiger partial charge is 0.488 e. The molecule has 266 valence electrons. The van der Waals surface area contributed by atoms with Gasteiger partial charge >= 0.3 is 11.6 Å². The summed E-state index contributed by atoms with van der Waals surface area (Å²) >= 11 is 0. The molecular weight excluding hydrogens is 648 g/mol. The first kappa shape index (κ1) is 34.5.